The van der Waals surface area contributed by atoms with Crippen LogP contribution in [0.3, 0.4) is 0 Å². The molecule has 0 amide bonds. The number of aromatic amines is 3. The number of hydrogen-bond donors (Lipinski definition) is 3. The average molecular weight is 513 g/mol. The van der Waals surface area contributed by atoms with Crippen LogP contribution in [0.1, 0.15) is 32.4 Å². The zero-order valence-electron chi connectivity index (χ0n) is 18.5. The first-order valence-corrected chi connectivity index (χ1v) is 11.1. The van der Waals surface area contributed by atoms with Crippen LogP contribution in [0, 0.1) is 13.1 Å². The number of thioether (sulfide) groups is 1. The largest absolute Gasteiger partial charge is 0.413 e. The van der Waals surface area contributed by atoms with Gasteiger partial charge in [0.1, 0.15) is 0 Å². The lowest BCUT2D eigenvalue weighted by Gasteiger charge is -2.04. The number of rotatable bonds is 3. The van der Waals surface area contributed by atoms with E-state index in [1.807, 2.05) is 4.98 Å². The Morgan fingerprint density at radius 2 is 1.36 bits per heavy atom. The van der Waals surface area contributed by atoms with Crippen molar-refractivity contribution >= 4 is 45.3 Å². The van der Waals surface area contributed by atoms with Gasteiger partial charge in [0.05, 0.1) is 23.9 Å². The molecule has 36 heavy (non-hydrogen) atoms. The van der Waals surface area contributed by atoms with Crippen molar-refractivity contribution in [2.75, 3.05) is 6.26 Å². The van der Waals surface area contributed by atoms with E-state index < -0.39 is 28.1 Å². The lowest BCUT2D eigenvalue weighted by Crippen LogP contribution is -2.24. The molecule has 0 atom stereocenters. The van der Waals surface area contributed by atoms with Crippen LogP contribution in [0.4, 0.5) is 11.4 Å². The maximum Gasteiger partial charge on any atom is 0.343 e. The minimum Gasteiger partial charge on any atom is -0.413 e. The topological polar surface area (TPSA) is 181 Å². The molecule has 0 aliphatic carbocycles. The predicted molar refractivity (Wildman–Crippen MR) is 134 cm³/mol. The SMILES string of the molecule is C.[C-]#[N+]c1c(CC)c2c(=O)[nH]c(=O)[nH]c2oc1=O.[C-]#[N+]c1c(CC)c2c(=O)[nH]c(SC)nc2oc1=O. The Hall–Kier alpha value is -4.69. The van der Waals surface area contributed by atoms with Crippen molar-refractivity contribution in [1.82, 2.24) is 19.9 Å². The summed E-state index contributed by atoms with van der Waals surface area (Å²) in [5.41, 5.74) is -3.35. The molecule has 0 aromatic carbocycles. The number of aromatic nitrogens is 4. The number of fused-ring (bicyclic) bond motifs is 2. The second-order valence-corrected chi connectivity index (χ2v) is 7.53. The van der Waals surface area contributed by atoms with Gasteiger partial charge in [-0.05, 0) is 30.2 Å². The Bertz CT molecular complexity index is 1850. The van der Waals surface area contributed by atoms with Gasteiger partial charge < -0.3 is 13.8 Å². The number of nitrogens with one attached hydrogen (secondary N) is 3. The van der Waals surface area contributed by atoms with E-state index in [9.17, 15) is 24.0 Å². The third-order valence-corrected chi connectivity index (χ3v) is 5.42. The first-order valence-electron chi connectivity index (χ1n) is 9.91. The van der Waals surface area contributed by atoms with Gasteiger partial charge in [-0.1, -0.05) is 33.0 Å². The number of aryl methyl sites for hydroxylation is 2. The van der Waals surface area contributed by atoms with Crippen LogP contribution in [0.25, 0.3) is 31.9 Å². The molecule has 0 aliphatic rings. The van der Waals surface area contributed by atoms with Crippen LogP contribution in [-0.4, -0.2) is 26.2 Å². The molecule has 4 rings (SSSR count). The molecule has 4 heterocycles. The van der Waals surface area contributed by atoms with E-state index in [1.165, 1.54) is 11.8 Å². The lowest BCUT2D eigenvalue weighted by molar-refractivity contribution is 0.545. The lowest BCUT2D eigenvalue weighted by atomic mass is 10.1. The molecule has 0 bridgehead atoms. The summed E-state index contributed by atoms with van der Waals surface area (Å²) in [6.07, 6.45) is 2.45. The van der Waals surface area contributed by atoms with Gasteiger partial charge >= 0.3 is 16.9 Å². The molecule has 0 fully saturated rings. The van der Waals surface area contributed by atoms with E-state index in [0.29, 0.717) is 23.6 Å². The van der Waals surface area contributed by atoms with E-state index in [1.54, 1.807) is 20.1 Å². The van der Waals surface area contributed by atoms with Gasteiger partial charge in [-0.25, -0.2) is 14.5 Å². The van der Waals surface area contributed by atoms with E-state index in [4.69, 9.17) is 22.0 Å². The van der Waals surface area contributed by atoms with Crippen molar-refractivity contribution in [1.29, 1.82) is 0 Å². The molecule has 0 unspecified atom stereocenters. The molecule has 0 saturated carbocycles. The highest BCUT2D eigenvalue weighted by molar-refractivity contribution is 7.98. The van der Waals surface area contributed by atoms with Crippen LogP contribution in [0.5, 0.6) is 0 Å². The van der Waals surface area contributed by atoms with Crippen LogP contribution in [-0.2, 0) is 12.8 Å². The Morgan fingerprint density at radius 1 is 0.833 bits per heavy atom. The third kappa shape index (κ3) is 4.89. The van der Waals surface area contributed by atoms with Gasteiger partial charge in [-0.15, -0.1) is 0 Å². The summed E-state index contributed by atoms with van der Waals surface area (Å²) in [5, 5.41) is 0.590. The Kier molecular flexibility index (Phi) is 8.54. The quantitative estimate of drug-likeness (QED) is 0.211. The molecule has 4 aromatic rings. The monoisotopic (exact) mass is 512 g/mol. The van der Waals surface area contributed by atoms with Crippen molar-refractivity contribution in [2.24, 2.45) is 0 Å². The highest BCUT2D eigenvalue weighted by Crippen LogP contribution is 2.23. The van der Waals surface area contributed by atoms with Gasteiger partial charge in [0.25, 0.3) is 22.5 Å². The maximum absolute atomic E-state index is 11.9. The Balaban J connectivity index is 0.000000247. The summed E-state index contributed by atoms with van der Waals surface area (Å²) in [6.45, 7) is 17.3. The Labute approximate surface area is 205 Å². The molecule has 4 aromatic heterocycles. The summed E-state index contributed by atoms with van der Waals surface area (Å²) < 4.78 is 9.68. The fraction of sp³-hybridized carbons (Fsp3) is 0.273. The summed E-state index contributed by atoms with van der Waals surface area (Å²) in [5.74, 6) is 0. The highest BCUT2D eigenvalue weighted by atomic mass is 32.2. The van der Waals surface area contributed by atoms with Crippen molar-refractivity contribution in [2.45, 2.75) is 39.3 Å². The van der Waals surface area contributed by atoms with Crippen LogP contribution < -0.4 is 28.1 Å². The van der Waals surface area contributed by atoms with E-state index in [-0.39, 0.29) is 46.6 Å². The van der Waals surface area contributed by atoms with Gasteiger partial charge in [-0.3, -0.25) is 29.1 Å². The van der Waals surface area contributed by atoms with E-state index >= 15 is 0 Å². The molecule has 14 heteroatoms. The molecule has 186 valence electrons. The van der Waals surface area contributed by atoms with Crippen molar-refractivity contribution < 1.29 is 8.83 Å². The van der Waals surface area contributed by atoms with E-state index in [2.05, 4.69) is 24.6 Å². The van der Waals surface area contributed by atoms with E-state index in [0.717, 1.165) is 0 Å². The van der Waals surface area contributed by atoms with Gasteiger partial charge in [-0.2, -0.15) is 4.98 Å². The second-order valence-electron chi connectivity index (χ2n) is 6.73. The molecule has 13 nitrogen and oxygen atoms in total. The first kappa shape index (κ1) is 27.6. The zero-order valence-corrected chi connectivity index (χ0v) is 19.3. The van der Waals surface area contributed by atoms with Crippen LogP contribution in [0.2, 0.25) is 0 Å². The minimum absolute atomic E-state index is 0. The van der Waals surface area contributed by atoms with Gasteiger partial charge in [0.2, 0.25) is 11.4 Å². The smallest absolute Gasteiger partial charge is 0.343 e. The molecular weight excluding hydrogens is 492 g/mol. The van der Waals surface area contributed by atoms with Crippen LogP contribution >= 0.6 is 11.8 Å². The van der Waals surface area contributed by atoms with Crippen LogP contribution in [0.15, 0.2) is 38.0 Å². The summed E-state index contributed by atoms with van der Waals surface area (Å²) in [4.78, 5) is 74.7. The third-order valence-electron chi connectivity index (χ3n) is 4.84. The predicted octanol–water partition coefficient (Wildman–Crippen LogP) is 2.63. The average Bonchev–Trinajstić information content (AvgIpc) is 2.82. The van der Waals surface area contributed by atoms with Gasteiger partial charge in [0, 0.05) is 0 Å². The zero-order chi connectivity index (χ0) is 25.9. The molecular formula is C22H20N6O7S. The molecule has 0 saturated heterocycles. The minimum atomic E-state index is -0.856. The first-order chi connectivity index (χ1) is 16.7. The fourth-order valence-corrected chi connectivity index (χ4v) is 3.73. The molecule has 0 radical (unpaired) electrons. The van der Waals surface area contributed by atoms with Crippen molar-refractivity contribution in [3.05, 3.63) is 86.0 Å². The summed E-state index contributed by atoms with van der Waals surface area (Å²) in [7, 11) is 0. The highest BCUT2D eigenvalue weighted by Gasteiger charge is 2.18. The van der Waals surface area contributed by atoms with Gasteiger partial charge in [0.15, 0.2) is 5.16 Å². The normalized spacial score (nSPS) is 10.1. The number of H-pyrrole nitrogens is 3. The fourth-order valence-electron chi connectivity index (χ4n) is 3.36. The molecule has 0 aliphatic heterocycles. The standard InChI is InChI=1S/C11H9N3O3S.C10H7N3O4.CH4/c1-4-5-6-8(15)13-11(18-3)14-9(6)17-10(16)7(5)12-2;1-3-4-5-7(14)12-10(16)13-8(5)17-9(15)6(4)11-2;/h4H2,1,3H3,(H,13,14,15);3H2,1H3,(H2,12,13,14,16);1H4. The molecule has 3 N–H and O–H groups in total. The second kappa shape index (κ2) is 11.2. The van der Waals surface area contributed by atoms with Crippen molar-refractivity contribution in [3.8, 4) is 0 Å². The maximum atomic E-state index is 11.9. The summed E-state index contributed by atoms with van der Waals surface area (Å²) >= 11 is 1.24. The Morgan fingerprint density at radius 3 is 1.89 bits per heavy atom. The molecule has 0 spiro atoms. The number of nitrogens with zero attached hydrogens (tertiary/aromatic N) is 3. The number of hydrogen-bond acceptors (Lipinski definition) is 9. The van der Waals surface area contributed by atoms with Crippen molar-refractivity contribution in [3.63, 3.8) is 0 Å². The summed E-state index contributed by atoms with van der Waals surface area (Å²) in [6, 6.07) is 0.